The van der Waals surface area contributed by atoms with Gasteiger partial charge in [-0.05, 0) is 12.1 Å². The molecular weight excluding hydrogens is 232 g/mol. The summed E-state index contributed by atoms with van der Waals surface area (Å²) in [6.07, 6.45) is 0. The fraction of sp³-hybridized carbons (Fsp3) is 0.462. The summed E-state index contributed by atoms with van der Waals surface area (Å²) in [6.45, 7) is 1.65. The molecule has 0 aliphatic carbocycles. The van der Waals surface area contributed by atoms with Gasteiger partial charge in [-0.15, -0.1) is 0 Å². The highest BCUT2D eigenvalue weighted by Crippen LogP contribution is 2.16. The zero-order valence-corrected chi connectivity index (χ0v) is 10.8. The average Bonchev–Trinajstić information content (AvgIpc) is 2.39. The van der Waals surface area contributed by atoms with E-state index in [1.807, 2.05) is 18.2 Å². The first-order chi connectivity index (χ1) is 8.50. The molecule has 0 atom stereocenters. The number of carbonyl (C=O) groups is 1. The lowest BCUT2D eigenvalue weighted by molar-refractivity contribution is 0.0509. The van der Waals surface area contributed by atoms with Crippen LogP contribution in [0.15, 0.2) is 30.3 Å². The van der Waals surface area contributed by atoms with Crippen molar-refractivity contribution in [2.75, 3.05) is 32.1 Å². The van der Waals surface area contributed by atoms with E-state index < -0.39 is 5.41 Å². The largest absolute Gasteiger partial charge is 0.396 e. The van der Waals surface area contributed by atoms with E-state index in [-0.39, 0.29) is 25.8 Å². The maximum Gasteiger partial charge on any atom is 0.321 e. The van der Waals surface area contributed by atoms with Gasteiger partial charge in [-0.25, -0.2) is 4.79 Å². The normalized spacial score (nSPS) is 11.1. The topological polar surface area (TPSA) is 72.8 Å². The number of para-hydroxylation sites is 1. The quantitative estimate of drug-likeness (QED) is 0.736. The van der Waals surface area contributed by atoms with Crippen molar-refractivity contribution >= 4 is 11.7 Å². The van der Waals surface area contributed by atoms with Crippen LogP contribution in [0.1, 0.15) is 6.92 Å². The first kappa shape index (κ1) is 14.5. The van der Waals surface area contributed by atoms with Crippen molar-refractivity contribution in [2.24, 2.45) is 5.41 Å². The summed E-state index contributed by atoms with van der Waals surface area (Å²) in [5.74, 6) is 0. The maximum absolute atomic E-state index is 11.9. The second-order valence-corrected chi connectivity index (χ2v) is 4.78. The van der Waals surface area contributed by atoms with Crippen LogP contribution in [0, 0.1) is 5.41 Å². The van der Waals surface area contributed by atoms with Crippen LogP contribution in [-0.4, -0.2) is 48.0 Å². The van der Waals surface area contributed by atoms with Gasteiger partial charge < -0.3 is 20.4 Å². The summed E-state index contributed by atoms with van der Waals surface area (Å²) in [7, 11) is 1.63. The van der Waals surface area contributed by atoms with Gasteiger partial charge in [-0.1, -0.05) is 25.1 Å². The summed E-state index contributed by atoms with van der Waals surface area (Å²) in [5.41, 5.74) is 0.0204. The van der Waals surface area contributed by atoms with Gasteiger partial charge in [0.15, 0.2) is 0 Å². The second-order valence-electron chi connectivity index (χ2n) is 4.78. The molecule has 5 nitrogen and oxygen atoms in total. The van der Waals surface area contributed by atoms with E-state index in [2.05, 4.69) is 5.32 Å². The van der Waals surface area contributed by atoms with Crippen molar-refractivity contribution in [2.45, 2.75) is 6.92 Å². The van der Waals surface area contributed by atoms with Crippen molar-refractivity contribution in [3.63, 3.8) is 0 Å². The Morgan fingerprint density at radius 2 is 1.83 bits per heavy atom. The molecule has 0 saturated heterocycles. The Kier molecular flexibility index (Phi) is 5.12. The maximum atomic E-state index is 11.9. The summed E-state index contributed by atoms with van der Waals surface area (Å²) < 4.78 is 0. The fourth-order valence-corrected chi connectivity index (χ4v) is 1.53. The fourth-order valence-electron chi connectivity index (χ4n) is 1.53. The van der Waals surface area contributed by atoms with Crippen LogP contribution in [0.5, 0.6) is 0 Å². The number of benzene rings is 1. The van der Waals surface area contributed by atoms with Crippen molar-refractivity contribution in [1.29, 1.82) is 0 Å². The van der Waals surface area contributed by atoms with Crippen molar-refractivity contribution in [3.8, 4) is 0 Å². The average molecular weight is 252 g/mol. The Morgan fingerprint density at radius 1 is 1.28 bits per heavy atom. The van der Waals surface area contributed by atoms with Crippen molar-refractivity contribution in [3.05, 3.63) is 30.3 Å². The molecule has 0 aromatic heterocycles. The van der Waals surface area contributed by atoms with E-state index in [4.69, 9.17) is 0 Å². The molecule has 100 valence electrons. The van der Waals surface area contributed by atoms with Crippen LogP contribution < -0.4 is 5.32 Å². The zero-order valence-electron chi connectivity index (χ0n) is 10.8. The Morgan fingerprint density at radius 3 is 2.33 bits per heavy atom. The van der Waals surface area contributed by atoms with E-state index in [1.54, 1.807) is 26.1 Å². The van der Waals surface area contributed by atoms with Gasteiger partial charge in [0.05, 0.1) is 13.2 Å². The molecule has 5 heteroatoms. The second kappa shape index (κ2) is 6.37. The van der Waals surface area contributed by atoms with Gasteiger partial charge in [0.1, 0.15) is 0 Å². The smallest absolute Gasteiger partial charge is 0.321 e. The highest BCUT2D eigenvalue weighted by molar-refractivity contribution is 5.89. The summed E-state index contributed by atoms with van der Waals surface area (Å²) in [6, 6.07) is 8.86. The Labute approximate surface area is 107 Å². The van der Waals surface area contributed by atoms with E-state index in [0.29, 0.717) is 5.69 Å². The number of aliphatic hydroxyl groups is 2. The number of rotatable bonds is 5. The number of aliphatic hydroxyl groups excluding tert-OH is 2. The Balaban J connectivity index is 2.57. The van der Waals surface area contributed by atoms with Crippen LogP contribution in [0.2, 0.25) is 0 Å². The van der Waals surface area contributed by atoms with Gasteiger partial charge in [-0.2, -0.15) is 0 Å². The number of hydrogen-bond acceptors (Lipinski definition) is 3. The summed E-state index contributed by atoms with van der Waals surface area (Å²) >= 11 is 0. The van der Waals surface area contributed by atoms with Crippen LogP contribution >= 0.6 is 0 Å². The minimum atomic E-state index is -0.692. The van der Waals surface area contributed by atoms with Crippen LogP contribution in [-0.2, 0) is 0 Å². The molecule has 0 aliphatic heterocycles. The van der Waals surface area contributed by atoms with Gasteiger partial charge in [0, 0.05) is 24.7 Å². The van der Waals surface area contributed by atoms with Gasteiger partial charge in [0.2, 0.25) is 0 Å². The molecule has 3 N–H and O–H groups in total. The third-order valence-corrected chi connectivity index (χ3v) is 2.75. The number of urea groups is 1. The highest BCUT2D eigenvalue weighted by Gasteiger charge is 2.26. The minimum absolute atomic E-state index is 0.174. The molecule has 0 bridgehead atoms. The molecule has 0 spiro atoms. The molecule has 18 heavy (non-hydrogen) atoms. The lowest BCUT2D eigenvalue weighted by Gasteiger charge is -2.30. The number of nitrogens with one attached hydrogen (secondary N) is 1. The number of nitrogens with zero attached hydrogens (tertiary/aromatic N) is 1. The molecular formula is C13H20N2O3. The van der Waals surface area contributed by atoms with Gasteiger partial charge >= 0.3 is 6.03 Å². The molecule has 0 aliphatic rings. The molecule has 0 saturated carbocycles. The number of hydrogen-bond donors (Lipinski definition) is 3. The molecule has 0 fully saturated rings. The van der Waals surface area contributed by atoms with Crippen molar-refractivity contribution in [1.82, 2.24) is 4.90 Å². The molecule has 0 heterocycles. The molecule has 2 amide bonds. The van der Waals surface area contributed by atoms with E-state index in [0.717, 1.165) is 0 Å². The molecule has 1 rings (SSSR count). The third-order valence-electron chi connectivity index (χ3n) is 2.75. The highest BCUT2D eigenvalue weighted by atomic mass is 16.3. The predicted molar refractivity (Wildman–Crippen MR) is 70.4 cm³/mol. The van der Waals surface area contributed by atoms with Gasteiger partial charge in [0.25, 0.3) is 0 Å². The molecule has 1 aromatic carbocycles. The van der Waals surface area contributed by atoms with E-state index in [1.165, 1.54) is 4.90 Å². The monoisotopic (exact) mass is 252 g/mol. The molecule has 0 unspecified atom stereocenters. The van der Waals surface area contributed by atoms with Crippen LogP contribution in [0.3, 0.4) is 0 Å². The lowest BCUT2D eigenvalue weighted by Crippen LogP contribution is -2.43. The standard InChI is InChI=1S/C13H20N2O3/c1-13(9-16,10-17)8-15(2)12(18)14-11-6-4-3-5-7-11/h3-7,16-17H,8-10H2,1-2H3,(H,14,18). The molecule has 1 aromatic rings. The third kappa shape index (κ3) is 4.01. The number of amides is 2. The first-order valence-corrected chi connectivity index (χ1v) is 5.79. The Bertz CT molecular complexity index is 377. The minimum Gasteiger partial charge on any atom is -0.396 e. The Hall–Kier alpha value is -1.59. The first-order valence-electron chi connectivity index (χ1n) is 5.79. The van der Waals surface area contributed by atoms with Crippen molar-refractivity contribution < 1.29 is 15.0 Å². The van der Waals surface area contributed by atoms with E-state index in [9.17, 15) is 15.0 Å². The zero-order chi connectivity index (χ0) is 13.6. The summed E-state index contributed by atoms with van der Waals surface area (Å²) in [4.78, 5) is 13.3. The molecule has 0 radical (unpaired) electrons. The SMILES string of the molecule is CN(CC(C)(CO)CO)C(=O)Nc1ccccc1. The number of anilines is 1. The number of carbonyl (C=O) groups excluding carboxylic acids is 1. The summed E-state index contributed by atoms with van der Waals surface area (Å²) in [5, 5.41) is 21.1. The predicted octanol–water partition coefficient (Wildman–Crippen LogP) is 1.14. The van der Waals surface area contributed by atoms with Crippen LogP contribution in [0.25, 0.3) is 0 Å². The van der Waals surface area contributed by atoms with Crippen LogP contribution in [0.4, 0.5) is 10.5 Å². The lowest BCUT2D eigenvalue weighted by atomic mass is 9.92. The van der Waals surface area contributed by atoms with Gasteiger partial charge in [-0.3, -0.25) is 0 Å². The van der Waals surface area contributed by atoms with E-state index >= 15 is 0 Å².